The average Bonchev–Trinajstić information content (AvgIpc) is 3.04. The fourth-order valence-electron chi connectivity index (χ4n) is 3.97. The molecule has 1 atom stereocenters. The molecule has 0 aliphatic carbocycles. The minimum atomic E-state index is -3.60. The molecule has 146 valence electrons. The molecule has 1 unspecified atom stereocenters. The first kappa shape index (κ1) is 18.7. The van der Waals surface area contributed by atoms with Gasteiger partial charge >= 0.3 is 0 Å². The maximum Gasteiger partial charge on any atom is 0.263 e. The van der Waals surface area contributed by atoms with E-state index < -0.39 is 10.0 Å². The van der Waals surface area contributed by atoms with Crippen LogP contribution in [-0.2, 0) is 14.9 Å². The van der Waals surface area contributed by atoms with Gasteiger partial charge in [0.2, 0.25) is 0 Å². The third kappa shape index (κ3) is 3.11. The second-order valence-corrected chi connectivity index (χ2v) is 9.50. The Morgan fingerprint density at radius 2 is 1.64 bits per heavy atom. The van der Waals surface area contributed by atoms with Crippen LogP contribution in [0.15, 0.2) is 58.2 Å². The van der Waals surface area contributed by atoms with E-state index >= 15 is 0 Å². The quantitative estimate of drug-likeness (QED) is 0.788. The highest BCUT2D eigenvalue weighted by molar-refractivity contribution is 7.89. The van der Waals surface area contributed by atoms with Crippen LogP contribution in [0.1, 0.15) is 34.2 Å². The van der Waals surface area contributed by atoms with Crippen molar-refractivity contribution in [2.24, 2.45) is 5.16 Å². The Labute approximate surface area is 166 Å². The zero-order valence-electron chi connectivity index (χ0n) is 16.6. The number of sulfonamides is 1. The first-order valence-corrected chi connectivity index (χ1v) is 10.8. The molecule has 4 rings (SSSR count). The van der Waals surface area contributed by atoms with Crippen LogP contribution in [0.5, 0.6) is 0 Å². The second kappa shape index (κ2) is 6.78. The molecular weight excluding hydrogens is 372 g/mol. The molecule has 0 radical (unpaired) electrons. The molecule has 0 N–H and O–H groups in total. The summed E-state index contributed by atoms with van der Waals surface area (Å²) in [6.45, 7) is 8.48. The number of oxime groups is 1. The van der Waals surface area contributed by atoms with Gasteiger partial charge in [-0.3, -0.25) is 4.31 Å². The van der Waals surface area contributed by atoms with Crippen molar-refractivity contribution in [2.45, 2.75) is 45.1 Å². The summed E-state index contributed by atoms with van der Waals surface area (Å²) < 4.78 is 27.6. The predicted octanol–water partition coefficient (Wildman–Crippen LogP) is 4.00. The van der Waals surface area contributed by atoms with E-state index in [0.717, 1.165) is 33.5 Å². The second-order valence-electron chi connectivity index (χ2n) is 7.61. The smallest absolute Gasteiger partial charge is 0.263 e. The summed E-state index contributed by atoms with van der Waals surface area (Å²) in [4.78, 5) is 5.94. The lowest BCUT2D eigenvalue weighted by Crippen LogP contribution is -2.35. The summed E-state index contributed by atoms with van der Waals surface area (Å²) in [5.41, 5.74) is 7.03. The van der Waals surface area contributed by atoms with Gasteiger partial charge in [0.25, 0.3) is 10.0 Å². The highest BCUT2D eigenvalue weighted by atomic mass is 32.2. The van der Waals surface area contributed by atoms with Crippen LogP contribution < -0.4 is 0 Å². The van der Waals surface area contributed by atoms with Gasteiger partial charge in [0.15, 0.2) is 6.10 Å². The number of rotatable bonds is 3. The van der Waals surface area contributed by atoms with E-state index in [1.807, 2.05) is 19.1 Å². The van der Waals surface area contributed by atoms with Crippen LogP contribution in [0.3, 0.4) is 0 Å². The Morgan fingerprint density at radius 1 is 1.00 bits per heavy atom. The van der Waals surface area contributed by atoms with E-state index in [2.05, 4.69) is 38.1 Å². The van der Waals surface area contributed by atoms with Gasteiger partial charge in [0.05, 0.1) is 4.90 Å². The number of fused-ring (bicyclic) bond motifs is 1. The van der Waals surface area contributed by atoms with Gasteiger partial charge in [0.1, 0.15) is 5.71 Å². The monoisotopic (exact) mass is 396 g/mol. The molecule has 0 saturated heterocycles. The van der Waals surface area contributed by atoms with Crippen LogP contribution in [-0.4, -0.2) is 31.1 Å². The summed E-state index contributed by atoms with van der Waals surface area (Å²) in [5.74, 6) is 0. The average molecular weight is 397 g/mol. The normalized spacial score (nSPS) is 19.0. The van der Waals surface area contributed by atoms with Crippen molar-refractivity contribution in [2.75, 3.05) is 6.54 Å². The third-order valence-corrected chi connectivity index (χ3v) is 7.10. The molecule has 0 saturated carbocycles. The fourth-order valence-corrected chi connectivity index (χ4v) is 5.32. The first-order chi connectivity index (χ1) is 13.3. The lowest BCUT2D eigenvalue weighted by Gasteiger charge is -2.28. The number of benzene rings is 2. The summed E-state index contributed by atoms with van der Waals surface area (Å²) >= 11 is 0. The zero-order chi connectivity index (χ0) is 20.1. The van der Waals surface area contributed by atoms with Crippen molar-refractivity contribution < 1.29 is 13.3 Å². The third-order valence-electron chi connectivity index (χ3n) is 5.33. The van der Waals surface area contributed by atoms with E-state index in [4.69, 9.17) is 4.84 Å². The largest absolute Gasteiger partial charge is 0.387 e. The lowest BCUT2D eigenvalue weighted by atomic mass is 9.90. The molecule has 28 heavy (non-hydrogen) atoms. The molecule has 0 bridgehead atoms. The number of hydrogen-bond acceptors (Lipinski definition) is 4. The van der Waals surface area contributed by atoms with Gasteiger partial charge in [0, 0.05) is 30.3 Å². The molecule has 5 nitrogen and oxygen atoms in total. The molecule has 6 heteroatoms. The molecule has 0 spiro atoms. The van der Waals surface area contributed by atoms with Gasteiger partial charge in [-0.2, -0.15) is 0 Å². The van der Waals surface area contributed by atoms with Gasteiger partial charge in [-0.15, -0.1) is 0 Å². The maximum absolute atomic E-state index is 13.1. The van der Waals surface area contributed by atoms with Crippen molar-refractivity contribution in [1.29, 1.82) is 0 Å². The van der Waals surface area contributed by atoms with Crippen molar-refractivity contribution >= 4 is 15.7 Å². The van der Waals surface area contributed by atoms with Crippen LogP contribution in [0.2, 0.25) is 0 Å². The molecular formula is C22H24N2O3S. The van der Waals surface area contributed by atoms with E-state index in [1.165, 1.54) is 9.87 Å². The van der Waals surface area contributed by atoms with Crippen LogP contribution in [0, 0.1) is 27.7 Å². The summed E-state index contributed by atoms with van der Waals surface area (Å²) in [7, 11) is -3.60. The first-order valence-electron chi connectivity index (χ1n) is 9.40. The molecule has 0 amide bonds. The van der Waals surface area contributed by atoms with Crippen LogP contribution in [0.25, 0.3) is 0 Å². The van der Waals surface area contributed by atoms with Crippen LogP contribution in [0.4, 0.5) is 0 Å². The maximum atomic E-state index is 13.1. The summed E-state index contributed by atoms with van der Waals surface area (Å²) in [5, 5.41) is 4.33. The Bertz CT molecular complexity index is 1080. The van der Waals surface area contributed by atoms with Crippen LogP contribution >= 0.6 is 0 Å². The van der Waals surface area contributed by atoms with Crippen molar-refractivity contribution in [3.05, 3.63) is 76.0 Å². The highest BCUT2D eigenvalue weighted by Crippen LogP contribution is 2.33. The van der Waals surface area contributed by atoms with E-state index in [1.54, 1.807) is 18.3 Å². The molecule has 2 aliphatic rings. The topological polar surface area (TPSA) is 59.0 Å². The number of nitrogens with zero attached hydrogens (tertiary/aromatic N) is 2. The fraction of sp³-hybridized carbons (Fsp3) is 0.318. The minimum Gasteiger partial charge on any atom is -0.387 e. The molecule has 0 aromatic heterocycles. The van der Waals surface area contributed by atoms with E-state index in [-0.39, 0.29) is 6.10 Å². The Hall–Kier alpha value is -2.60. The summed E-state index contributed by atoms with van der Waals surface area (Å²) in [6.07, 6.45) is 2.08. The van der Waals surface area contributed by atoms with E-state index in [9.17, 15) is 8.42 Å². The molecule has 2 aromatic rings. The molecule has 2 aromatic carbocycles. The zero-order valence-corrected chi connectivity index (χ0v) is 17.4. The van der Waals surface area contributed by atoms with Crippen molar-refractivity contribution in [3.8, 4) is 0 Å². The van der Waals surface area contributed by atoms with Gasteiger partial charge in [-0.25, -0.2) is 8.42 Å². The van der Waals surface area contributed by atoms with Crippen molar-refractivity contribution in [3.63, 3.8) is 0 Å². The standard InChI is InChI=1S/C22H24N2O3S/c1-14-5-7-18(8-6-14)28(25,26)24-10-9-20-19(13-24)22(23-27-20)21-16(3)11-15(2)12-17(21)4/h5-8,11-13,20H,9-10H2,1-4H3. The Kier molecular flexibility index (Phi) is 4.54. The van der Waals surface area contributed by atoms with Gasteiger partial charge < -0.3 is 4.84 Å². The minimum absolute atomic E-state index is 0.195. The van der Waals surface area contributed by atoms with Gasteiger partial charge in [-0.1, -0.05) is 40.5 Å². The number of aryl methyl sites for hydroxylation is 4. The molecule has 0 fully saturated rings. The molecule has 2 heterocycles. The number of hydrogen-bond donors (Lipinski definition) is 0. The summed E-state index contributed by atoms with van der Waals surface area (Å²) in [6, 6.07) is 11.2. The lowest BCUT2D eigenvalue weighted by molar-refractivity contribution is 0.0900. The predicted molar refractivity (Wildman–Crippen MR) is 110 cm³/mol. The Balaban J connectivity index is 1.75. The van der Waals surface area contributed by atoms with Crippen molar-refractivity contribution in [1.82, 2.24) is 4.31 Å². The SMILES string of the molecule is Cc1ccc(S(=O)(=O)N2C=C3C(c4c(C)cc(C)cc4C)=NOC3CC2)cc1. The van der Waals surface area contributed by atoms with Gasteiger partial charge in [-0.05, 0) is 51.0 Å². The van der Waals surface area contributed by atoms with E-state index in [0.29, 0.717) is 17.9 Å². The molecule has 2 aliphatic heterocycles. The Morgan fingerprint density at radius 3 is 2.29 bits per heavy atom. The highest BCUT2D eigenvalue weighted by Gasteiger charge is 2.37.